The smallest absolute Gasteiger partial charge is 0.307 e. The van der Waals surface area contributed by atoms with Gasteiger partial charge >= 0.3 is 5.97 Å². The molecule has 0 fully saturated rings. The summed E-state index contributed by atoms with van der Waals surface area (Å²) in [5, 5.41) is 23.9. The summed E-state index contributed by atoms with van der Waals surface area (Å²) >= 11 is 0. The third kappa shape index (κ3) is 4.11. The molecule has 0 aliphatic carbocycles. The summed E-state index contributed by atoms with van der Waals surface area (Å²) < 4.78 is 0. The maximum Gasteiger partial charge on any atom is 0.307 e. The highest BCUT2D eigenvalue weighted by Crippen LogP contribution is 2.31. The zero-order valence-electron chi connectivity index (χ0n) is 14.5. The summed E-state index contributed by atoms with van der Waals surface area (Å²) in [7, 11) is 0. The Morgan fingerprint density at radius 3 is 2.65 bits per heavy atom. The minimum Gasteiger partial charge on any atom is -0.481 e. The van der Waals surface area contributed by atoms with E-state index < -0.39 is 11.9 Å². The molecule has 0 spiro atoms. The summed E-state index contributed by atoms with van der Waals surface area (Å²) in [4.78, 5) is 15.9. The number of H-pyrrole nitrogens is 1. The number of carbonyl (C=O) groups is 1. The Balaban J connectivity index is 1.91. The van der Waals surface area contributed by atoms with Crippen LogP contribution >= 0.6 is 0 Å². The minimum absolute atomic E-state index is 0.334. The van der Waals surface area contributed by atoms with Crippen molar-refractivity contribution >= 4 is 5.97 Å². The molecule has 0 saturated carbocycles. The number of carboxylic acids is 1. The topological polar surface area (TPSA) is 105 Å². The highest BCUT2D eigenvalue weighted by molar-refractivity contribution is 5.71. The summed E-state index contributed by atoms with van der Waals surface area (Å²) in [6.07, 6.45) is 5.40. The van der Waals surface area contributed by atoms with Crippen LogP contribution in [0.25, 0.3) is 11.1 Å². The Morgan fingerprint density at radius 1 is 1.19 bits per heavy atom. The second kappa shape index (κ2) is 8.33. The maximum absolute atomic E-state index is 11.8. The van der Waals surface area contributed by atoms with Gasteiger partial charge in [0.15, 0.2) is 5.82 Å². The van der Waals surface area contributed by atoms with Crippen molar-refractivity contribution in [2.45, 2.75) is 32.1 Å². The highest BCUT2D eigenvalue weighted by atomic mass is 16.4. The number of aromatic amines is 1. The molecule has 0 saturated heterocycles. The van der Waals surface area contributed by atoms with E-state index in [9.17, 15) is 9.90 Å². The van der Waals surface area contributed by atoms with Gasteiger partial charge in [0, 0.05) is 18.3 Å². The minimum atomic E-state index is -0.827. The summed E-state index contributed by atoms with van der Waals surface area (Å²) in [6.45, 7) is 1.98. The molecular weight excluding hydrogens is 330 g/mol. The summed E-state index contributed by atoms with van der Waals surface area (Å²) in [5.74, 6) is -1.27. The first-order valence-corrected chi connectivity index (χ1v) is 8.64. The predicted molar refractivity (Wildman–Crippen MR) is 96.3 cm³/mol. The monoisotopic (exact) mass is 351 g/mol. The first kappa shape index (κ1) is 17.7. The average molecular weight is 351 g/mol. The Morgan fingerprint density at radius 2 is 2.00 bits per heavy atom. The van der Waals surface area contributed by atoms with Gasteiger partial charge in [0.05, 0.1) is 5.92 Å². The van der Waals surface area contributed by atoms with Crippen molar-refractivity contribution in [2.24, 2.45) is 5.92 Å². The van der Waals surface area contributed by atoms with Crippen LogP contribution in [0, 0.1) is 5.92 Å². The Hall–Kier alpha value is -3.09. The average Bonchev–Trinajstić information content (AvgIpc) is 3.20. The molecule has 3 rings (SSSR count). The number of carboxylic acid groups (broad SMARTS) is 1. The van der Waals surface area contributed by atoms with E-state index in [0.29, 0.717) is 18.7 Å². The fraction of sp³-hybridized carbons (Fsp3) is 0.316. The van der Waals surface area contributed by atoms with E-state index in [-0.39, 0.29) is 5.92 Å². The van der Waals surface area contributed by atoms with E-state index in [0.717, 1.165) is 23.1 Å². The van der Waals surface area contributed by atoms with Gasteiger partial charge in [-0.3, -0.25) is 9.78 Å². The number of benzene rings is 1. The fourth-order valence-corrected chi connectivity index (χ4v) is 3.22. The van der Waals surface area contributed by atoms with Crippen LogP contribution in [0.4, 0.5) is 0 Å². The molecule has 0 amide bonds. The number of tetrazole rings is 1. The maximum atomic E-state index is 11.8. The molecule has 26 heavy (non-hydrogen) atoms. The van der Waals surface area contributed by atoms with Gasteiger partial charge in [-0.05, 0) is 41.7 Å². The van der Waals surface area contributed by atoms with Crippen molar-refractivity contribution < 1.29 is 9.90 Å². The Labute approximate surface area is 151 Å². The lowest BCUT2D eigenvalue weighted by molar-refractivity contribution is -0.142. The number of rotatable bonds is 8. The lowest BCUT2D eigenvalue weighted by atomic mass is 9.83. The Kier molecular flexibility index (Phi) is 5.68. The van der Waals surface area contributed by atoms with Crippen LogP contribution < -0.4 is 0 Å². The van der Waals surface area contributed by atoms with Crippen LogP contribution in [0.2, 0.25) is 0 Å². The molecule has 0 bridgehead atoms. The van der Waals surface area contributed by atoms with Gasteiger partial charge in [0.2, 0.25) is 0 Å². The molecule has 3 aromatic rings. The second-order valence-corrected chi connectivity index (χ2v) is 6.25. The fourth-order valence-electron chi connectivity index (χ4n) is 3.22. The van der Waals surface area contributed by atoms with Crippen LogP contribution in [0.15, 0.2) is 48.8 Å². The number of nitrogens with one attached hydrogen (secondary N) is 1. The first-order chi connectivity index (χ1) is 12.7. The third-order valence-corrected chi connectivity index (χ3v) is 4.49. The van der Waals surface area contributed by atoms with Crippen LogP contribution in [0.5, 0.6) is 0 Å². The van der Waals surface area contributed by atoms with Gasteiger partial charge in [-0.25, -0.2) is 0 Å². The van der Waals surface area contributed by atoms with Gasteiger partial charge in [-0.1, -0.05) is 42.8 Å². The normalized spacial score (nSPS) is 13.3. The number of hydrogen-bond acceptors (Lipinski definition) is 5. The molecule has 2 aromatic heterocycles. The number of hydrogen-bond donors (Lipinski definition) is 2. The van der Waals surface area contributed by atoms with Crippen molar-refractivity contribution in [3.63, 3.8) is 0 Å². The van der Waals surface area contributed by atoms with Gasteiger partial charge in [-0.15, -0.1) is 10.2 Å². The quantitative estimate of drug-likeness (QED) is 0.646. The van der Waals surface area contributed by atoms with Crippen molar-refractivity contribution in [1.29, 1.82) is 0 Å². The van der Waals surface area contributed by atoms with Crippen molar-refractivity contribution in [1.82, 2.24) is 25.6 Å². The Bertz CT molecular complexity index is 836. The molecule has 2 unspecified atom stereocenters. The van der Waals surface area contributed by atoms with E-state index in [2.05, 4.69) is 31.7 Å². The van der Waals surface area contributed by atoms with Crippen LogP contribution in [-0.4, -0.2) is 36.7 Å². The molecule has 1 aromatic carbocycles. The largest absolute Gasteiger partial charge is 0.481 e. The van der Waals surface area contributed by atoms with Crippen molar-refractivity contribution in [3.05, 3.63) is 60.2 Å². The molecular formula is C19H21N5O2. The van der Waals surface area contributed by atoms with E-state index >= 15 is 0 Å². The molecule has 2 N–H and O–H groups in total. The van der Waals surface area contributed by atoms with Gasteiger partial charge in [0.1, 0.15) is 0 Å². The predicted octanol–water partition coefficient (Wildman–Crippen LogP) is 3.09. The van der Waals surface area contributed by atoms with E-state index in [1.54, 1.807) is 12.4 Å². The van der Waals surface area contributed by atoms with E-state index in [4.69, 9.17) is 0 Å². The highest BCUT2D eigenvalue weighted by Gasteiger charge is 2.32. The first-order valence-electron chi connectivity index (χ1n) is 8.64. The molecule has 0 aliphatic heterocycles. The third-order valence-electron chi connectivity index (χ3n) is 4.49. The lowest BCUT2D eigenvalue weighted by Gasteiger charge is -2.21. The molecule has 7 heteroatoms. The zero-order valence-corrected chi connectivity index (χ0v) is 14.5. The number of aliphatic carboxylic acids is 1. The van der Waals surface area contributed by atoms with Gasteiger partial charge in [0.25, 0.3) is 0 Å². The lowest BCUT2D eigenvalue weighted by Crippen LogP contribution is -2.25. The molecule has 2 heterocycles. The van der Waals surface area contributed by atoms with E-state index in [1.807, 2.05) is 37.3 Å². The SMILES string of the molecule is CCCC(C(=O)O)C(Cc1cccc(-c2ccncc2)c1)c1nn[nH]n1. The molecule has 7 nitrogen and oxygen atoms in total. The molecule has 2 atom stereocenters. The molecule has 0 aliphatic rings. The number of nitrogens with zero attached hydrogens (tertiary/aromatic N) is 4. The van der Waals surface area contributed by atoms with Crippen molar-refractivity contribution in [3.8, 4) is 11.1 Å². The van der Waals surface area contributed by atoms with Crippen molar-refractivity contribution in [2.75, 3.05) is 0 Å². The second-order valence-electron chi connectivity index (χ2n) is 6.25. The molecule has 134 valence electrons. The van der Waals surface area contributed by atoms with Gasteiger partial charge in [-0.2, -0.15) is 5.21 Å². The summed E-state index contributed by atoms with van der Waals surface area (Å²) in [5.41, 5.74) is 3.18. The summed E-state index contributed by atoms with van der Waals surface area (Å²) in [6, 6.07) is 12.0. The van der Waals surface area contributed by atoms with Gasteiger partial charge < -0.3 is 5.11 Å². The van der Waals surface area contributed by atoms with E-state index in [1.165, 1.54) is 0 Å². The van der Waals surface area contributed by atoms with Crippen LogP contribution in [0.3, 0.4) is 0 Å². The number of aromatic nitrogens is 5. The zero-order chi connectivity index (χ0) is 18.4. The molecule has 0 radical (unpaired) electrons. The van der Waals surface area contributed by atoms with Crippen LogP contribution in [0.1, 0.15) is 37.1 Å². The number of pyridine rings is 1. The standard InChI is InChI=1S/C19H21N5O2/c1-2-4-16(19(25)26)17(18-21-23-24-22-18)12-13-5-3-6-15(11-13)14-7-9-20-10-8-14/h3,5-11,16-17H,2,4,12H2,1H3,(H,25,26)(H,21,22,23,24). The van der Waals surface area contributed by atoms with Crippen LogP contribution in [-0.2, 0) is 11.2 Å².